The first kappa shape index (κ1) is 21.3. The van der Waals surface area contributed by atoms with Crippen molar-refractivity contribution < 1.29 is 32.6 Å². The number of ether oxygens (including phenoxy) is 3. The summed E-state index contributed by atoms with van der Waals surface area (Å²) in [5.74, 6) is -3.33. The summed E-state index contributed by atoms with van der Waals surface area (Å²) >= 11 is 0. The molecule has 0 fully saturated rings. The van der Waals surface area contributed by atoms with Crippen LogP contribution in [0.5, 0.6) is 5.75 Å². The van der Waals surface area contributed by atoms with Gasteiger partial charge in [0, 0.05) is 17.5 Å². The molecular formula is C22H21F2NO5. The number of esters is 2. The van der Waals surface area contributed by atoms with E-state index in [1.807, 2.05) is 0 Å². The highest BCUT2D eigenvalue weighted by Gasteiger charge is 2.36. The number of benzene rings is 2. The fourth-order valence-corrected chi connectivity index (χ4v) is 3.36. The van der Waals surface area contributed by atoms with Crippen LogP contribution in [-0.2, 0) is 19.1 Å². The molecule has 2 N–H and O–H groups in total. The number of hydrogen-bond donors (Lipinski definition) is 1. The third-order valence-corrected chi connectivity index (χ3v) is 4.59. The number of nitrogens with two attached hydrogens (primary N) is 1. The van der Waals surface area contributed by atoms with E-state index in [9.17, 15) is 18.4 Å². The minimum Gasteiger partial charge on any atom is -0.466 e. The number of carbonyl (C=O) groups is 2. The number of halogens is 2. The molecule has 1 unspecified atom stereocenters. The molecule has 0 saturated carbocycles. The molecule has 1 aliphatic rings. The third kappa shape index (κ3) is 4.42. The Morgan fingerprint density at radius 1 is 1.00 bits per heavy atom. The van der Waals surface area contributed by atoms with Crippen molar-refractivity contribution in [3.8, 4) is 16.9 Å². The van der Waals surface area contributed by atoms with Gasteiger partial charge in [-0.15, -0.1) is 0 Å². The Hall–Kier alpha value is -3.42. The summed E-state index contributed by atoms with van der Waals surface area (Å²) < 4.78 is 43.0. The van der Waals surface area contributed by atoms with Crippen molar-refractivity contribution >= 4 is 11.9 Å². The van der Waals surface area contributed by atoms with Gasteiger partial charge in [-0.25, -0.2) is 13.6 Å². The van der Waals surface area contributed by atoms with Crippen molar-refractivity contribution in [2.45, 2.75) is 26.2 Å². The van der Waals surface area contributed by atoms with Gasteiger partial charge in [-0.1, -0.05) is 6.07 Å². The maximum atomic E-state index is 13.7. The highest BCUT2D eigenvalue weighted by Crippen LogP contribution is 2.42. The lowest BCUT2D eigenvalue weighted by atomic mass is 9.84. The first-order valence-electron chi connectivity index (χ1n) is 9.44. The van der Waals surface area contributed by atoms with Crippen LogP contribution in [-0.4, -0.2) is 25.2 Å². The molecule has 0 aromatic heterocycles. The molecule has 1 atom stereocenters. The molecule has 158 valence electrons. The van der Waals surface area contributed by atoms with E-state index in [4.69, 9.17) is 19.9 Å². The molecule has 0 radical (unpaired) electrons. The Morgan fingerprint density at radius 3 is 2.30 bits per heavy atom. The Kier molecular flexibility index (Phi) is 6.34. The van der Waals surface area contributed by atoms with E-state index in [1.54, 1.807) is 32.0 Å². The second-order valence-electron chi connectivity index (χ2n) is 6.57. The van der Waals surface area contributed by atoms with E-state index in [0.717, 1.165) is 6.07 Å². The predicted octanol–water partition coefficient (Wildman–Crippen LogP) is 3.79. The molecule has 0 spiro atoms. The second kappa shape index (κ2) is 8.94. The largest absolute Gasteiger partial charge is 0.466 e. The van der Waals surface area contributed by atoms with Gasteiger partial charge >= 0.3 is 11.9 Å². The monoisotopic (exact) mass is 417 g/mol. The lowest BCUT2D eigenvalue weighted by Gasteiger charge is -2.28. The van der Waals surface area contributed by atoms with E-state index < -0.39 is 29.5 Å². The van der Waals surface area contributed by atoms with Gasteiger partial charge in [0.05, 0.1) is 19.6 Å². The van der Waals surface area contributed by atoms with Crippen LogP contribution in [0.25, 0.3) is 11.1 Å². The Labute approximate surface area is 172 Å². The fraction of sp³-hybridized carbons (Fsp3) is 0.273. The van der Waals surface area contributed by atoms with Crippen LogP contribution in [0.2, 0.25) is 0 Å². The van der Waals surface area contributed by atoms with E-state index in [-0.39, 0.29) is 31.1 Å². The van der Waals surface area contributed by atoms with E-state index in [2.05, 4.69) is 0 Å². The Morgan fingerprint density at radius 2 is 1.67 bits per heavy atom. The van der Waals surface area contributed by atoms with Crippen molar-refractivity contribution in [1.29, 1.82) is 0 Å². The Balaban J connectivity index is 2.10. The molecule has 8 heteroatoms. The van der Waals surface area contributed by atoms with Crippen molar-refractivity contribution in [2.24, 2.45) is 5.73 Å². The smallest absolute Gasteiger partial charge is 0.340 e. The average molecular weight is 417 g/mol. The van der Waals surface area contributed by atoms with Gasteiger partial charge in [-0.2, -0.15) is 0 Å². The quantitative estimate of drug-likeness (QED) is 0.720. The van der Waals surface area contributed by atoms with Crippen molar-refractivity contribution in [2.75, 3.05) is 13.2 Å². The van der Waals surface area contributed by atoms with Crippen molar-refractivity contribution in [3.63, 3.8) is 0 Å². The lowest BCUT2D eigenvalue weighted by Crippen LogP contribution is -2.28. The molecule has 6 nitrogen and oxygen atoms in total. The zero-order chi connectivity index (χ0) is 21.8. The van der Waals surface area contributed by atoms with Crippen molar-refractivity contribution in [1.82, 2.24) is 0 Å². The summed E-state index contributed by atoms with van der Waals surface area (Å²) in [6, 6.07) is 7.93. The van der Waals surface area contributed by atoms with Crippen LogP contribution >= 0.6 is 0 Å². The SMILES string of the molecule is CCOC(=O)CC1C(C(=O)OCC)=C(N)Oc2ccc(-c3cc(F)cc(F)c3)cc21. The summed E-state index contributed by atoms with van der Waals surface area (Å²) in [6.07, 6.45) is -0.181. The molecule has 0 aliphatic carbocycles. The molecule has 2 aromatic carbocycles. The standard InChI is InChI=1S/C22H21F2NO5/c1-3-28-19(26)11-17-16-9-12(13-7-14(23)10-15(24)8-13)5-6-18(16)30-21(25)20(17)22(27)29-4-2/h5-10,17H,3-4,11,25H2,1-2H3. The molecule has 30 heavy (non-hydrogen) atoms. The minimum absolute atomic E-state index is 0.0000224. The first-order valence-corrected chi connectivity index (χ1v) is 9.44. The van der Waals surface area contributed by atoms with Crippen LogP contribution < -0.4 is 10.5 Å². The summed E-state index contributed by atoms with van der Waals surface area (Å²) in [5, 5.41) is 0. The summed E-state index contributed by atoms with van der Waals surface area (Å²) in [4.78, 5) is 24.7. The topological polar surface area (TPSA) is 87.9 Å². The van der Waals surface area contributed by atoms with Gasteiger partial charge in [0.2, 0.25) is 5.88 Å². The maximum absolute atomic E-state index is 13.7. The zero-order valence-corrected chi connectivity index (χ0v) is 16.5. The predicted molar refractivity (Wildman–Crippen MR) is 104 cm³/mol. The summed E-state index contributed by atoms with van der Waals surface area (Å²) in [7, 11) is 0. The lowest BCUT2D eigenvalue weighted by molar-refractivity contribution is -0.143. The minimum atomic E-state index is -0.801. The molecule has 0 bridgehead atoms. The van der Waals surface area contributed by atoms with Crippen LogP contribution in [0.4, 0.5) is 8.78 Å². The fourth-order valence-electron chi connectivity index (χ4n) is 3.36. The van der Waals surface area contributed by atoms with Gasteiger partial charge < -0.3 is 19.9 Å². The second-order valence-corrected chi connectivity index (χ2v) is 6.57. The highest BCUT2D eigenvalue weighted by atomic mass is 19.1. The van der Waals surface area contributed by atoms with Gasteiger partial charge in [0.25, 0.3) is 0 Å². The number of fused-ring (bicyclic) bond motifs is 1. The van der Waals surface area contributed by atoms with E-state index in [1.165, 1.54) is 12.1 Å². The van der Waals surface area contributed by atoms with Crippen LogP contribution in [0.1, 0.15) is 31.7 Å². The number of rotatable bonds is 6. The van der Waals surface area contributed by atoms with Gasteiger partial charge in [0.1, 0.15) is 23.0 Å². The van der Waals surface area contributed by atoms with Crippen LogP contribution in [0.15, 0.2) is 47.9 Å². The molecule has 2 aromatic rings. The normalized spacial score (nSPS) is 15.3. The molecular weight excluding hydrogens is 396 g/mol. The number of hydrogen-bond acceptors (Lipinski definition) is 6. The Bertz CT molecular complexity index is 998. The zero-order valence-electron chi connectivity index (χ0n) is 16.5. The van der Waals surface area contributed by atoms with Gasteiger partial charge in [0.15, 0.2) is 0 Å². The van der Waals surface area contributed by atoms with Gasteiger partial charge in [-0.05, 0) is 49.2 Å². The maximum Gasteiger partial charge on any atom is 0.340 e. The van der Waals surface area contributed by atoms with Gasteiger partial charge in [-0.3, -0.25) is 4.79 Å². The summed E-state index contributed by atoms with van der Waals surface area (Å²) in [5.41, 5.74) is 7.20. The molecule has 1 aliphatic heterocycles. The first-order chi connectivity index (χ1) is 14.3. The van der Waals surface area contributed by atoms with Crippen LogP contribution in [0.3, 0.4) is 0 Å². The third-order valence-electron chi connectivity index (χ3n) is 4.59. The number of carbonyl (C=O) groups excluding carboxylic acids is 2. The average Bonchev–Trinajstić information content (AvgIpc) is 2.67. The highest BCUT2D eigenvalue weighted by molar-refractivity contribution is 5.93. The van der Waals surface area contributed by atoms with E-state index >= 15 is 0 Å². The summed E-state index contributed by atoms with van der Waals surface area (Å²) in [6.45, 7) is 3.59. The molecule has 3 rings (SSSR count). The molecule has 0 saturated heterocycles. The molecule has 0 amide bonds. The van der Waals surface area contributed by atoms with Crippen molar-refractivity contribution in [3.05, 3.63) is 65.1 Å². The van der Waals surface area contributed by atoms with Crippen LogP contribution in [0, 0.1) is 11.6 Å². The molecule has 1 heterocycles. The van der Waals surface area contributed by atoms with E-state index in [0.29, 0.717) is 22.4 Å².